The zero-order chi connectivity index (χ0) is 13.8. The number of rotatable bonds is 4. The van der Waals surface area contributed by atoms with E-state index in [1.54, 1.807) is 0 Å². The smallest absolute Gasteiger partial charge is 0.0773 e. The minimum atomic E-state index is -0.618. The highest BCUT2D eigenvalue weighted by molar-refractivity contribution is 9.11. The van der Waals surface area contributed by atoms with E-state index in [2.05, 4.69) is 31.9 Å². The Labute approximate surface area is 142 Å². The van der Waals surface area contributed by atoms with Crippen LogP contribution in [0.4, 0.5) is 0 Å². The highest BCUT2D eigenvalue weighted by atomic mass is 79.9. The molecule has 0 aromatic heterocycles. The molecular weight excluding hydrogens is 405 g/mol. The molecule has 0 saturated heterocycles. The average molecular weight is 422 g/mol. The van der Waals surface area contributed by atoms with E-state index in [0.29, 0.717) is 6.42 Å². The maximum absolute atomic E-state index is 10.3. The van der Waals surface area contributed by atoms with E-state index in [1.165, 1.54) is 0 Å². The number of aliphatic hydroxyl groups excluding tert-OH is 1. The molecule has 0 radical (unpaired) electrons. The number of hydrogen-bond donors (Lipinski definition) is 2. The summed E-state index contributed by atoms with van der Waals surface area (Å²) in [4.78, 5) is 0. The Kier molecular flexibility index (Phi) is 7.20. The lowest BCUT2D eigenvalue weighted by Crippen LogP contribution is -2.28. The molecule has 0 aliphatic rings. The van der Waals surface area contributed by atoms with Gasteiger partial charge in [0, 0.05) is 15.4 Å². The van der Waals surface area contributed by atoms with Gasteiger partial charge in [-0.3, -0.25) is 0 Å². The van der Waals surface area contributed by atoms with E-state index in [9.17, 15) is 5.11 Å². The van der Waals surface area contributed by atoms with Crippen LogP contribution in [0.5, 0.6) is 0 Å². The van der Waals surface area contributed by atoms with Gasteiger partial charge in [0.2, 0.25) is 0 Å². The van der Waals surface area contributed by atoms with Crippen LogP contribution < -0.4 is 5.73 Å². The minimum absolute atomic E-state index is 0. The third-order valence-electron chi connectivity index (χ3n) is 3.02. The average Bonchev–Trinajstić information content (AvgIpc) is 2.42. The number of halogens is 3. The summed E-state index contributed by atoms with van der Waals surface area (Å²) < 4.78 is 1.86. The third kappa shape index (κ3) is 4.57. The summed E-state index contributed by atoms with van der Waals surface area (Å²) in [5, 5.41) is 10.3. The summed E-state index contributed by atoms with van der Waals surface area (Å²) in [5.74, 6) is 0. The molecule has 2 nitrogen and oxygen atoms in total. The number of benzene rings is 2. The highest BCUT2D eigenvalue weighted by Gasteiger charge is 2.19. The van der Waals surface area contributed by atoms with Gasteiger partial charge in [-0.05, 0) is 29.3 Å². The third-order valence-corrected chi connectivity index (χ3v) is 4.23. The van der Waals surface area contributed by atoms with Crippen molar-refractivity contribution in [3.8, 4) is 0 Å². The largest absolute Gasteiger partial charge is 0.391 e. The van der Waals surface area contributed by atoms with E-state index >= 15 is 0 Å². The molecule has 5 heteroatoms. The molecule has 3 N–H and O–H groups in total. The second-order valence-corrected chi connectivity index (χ2v) is 6.22. The fourth-order valence-corrected chi connectivity index (χ4v) is 2.85. The topological polar surface area (TPSA) is 46.2 Å². The van der Waals surface area contributed by atoms with Crippen molar-refractivity contribution in [2.45, 2.75) is 18.6 Å². The van der Waals surface area contributed by atoms with Crippen LogP contribution in [0.3, 0.4) is 0 Å². The predicted octanol–water partition coefficient (Wildman–Crippen LogP) is 4.24. The highest BCUT2D eigenvalue weighted by Crippen LogP contribution is 2.28. The van der Waals surface area contributed by atoms with E-state index in [1.807, 2.05) is 48.5 Å². The van der Waals surface area contributed by atoms with Crippen LogP contribution in [0.1, 0.15) is 17.2 Å². The zero-order valence-electron chi connectivity index (χ0n) is 10.7. The van der Waals surface area contributed by atoms with Gasteiger partial charge in [-0.2, -0.15) is 0 Å². The van der Waals surface area contributed by atoms with Crippen molar-refractivity contribution in [2.75, 3.05) is 0 Å². The van der Waals surface area contributed by atoms with Gasteiger partial charge in [-0.1, -0.05) is 62.2 Å². The Balaban J connectivity index is 0.00000200. The number of aliphatic hydroxyl groups is 1. The van der Waals surface area contributed by atoms with Gasteiger partial charge in [0.25, 0.3) is 0 Å². The summed E-state index contributed by atoms with van der Waals surface area (Å²) in [7, 11) is 0. The first-order valence-electron chi connectivity index (χ1n) is 6.00. The molecule has 0 saturated carbocycles. The molecular formula is C15H16Br2ClNO. The maximum Gasteiger partial charge on any atom is 0.0773 e. The molecule has 0 bridgehead atoms. The standard InChI is InChI=1S/C15H15Br2NO.ClH/c16-11-6-7-13(17)12(9-11)15(18)14(19)8-10-4-2-1-3-5-10;/h1-7,9,14-15,19H,8,18H2;1H/t14-,15+;/m1./s1. The first-order chi connectivity index (χ1) is 9.08. The van der Waals surface area contributed by atoms with Crippen LogP contribution >= 0.6 is 44.3 Å². The van der Waals surface area contributed by atoms with Gasteiger partial charge in [0.15, 0.2) is 0 Å². The van der Waals surface area contributed by atoms with E-state index in [0.717, 1.165) is 20.1 Å². The maximum atomic E-state index is 10.3. The van der Waals surface area contributed by atoms with Gasteiger partial charge in [-0.25, -0.2) is 0 Å². The van der Waals surface area contributed by atoms with E-state index in [-0.39, 0.29) is 12.4 Å². The number of nitrogens with two attached hydrogens (primary N) is 1. The second-order valence-electron chi connectivity index (χ2n) is 4.45. The lowest BCUT2D eigenvalue weighted by Gasteiger charge is -2.20. The van der Waals surface area contributed by atoms with Gasteiger partial charge in [-0.15, -0.1) is 12.4 Å². The first kappa shape index (κ1) is 17.7. The van der Waals surface area contributed by atoms with Gasteiger partial charge < -0.3 is 10.8 Å². The Morgan fingerprint density at radius 3 is 2.35 bits per heavy atom. The van der Waals surface area contributed by atoms with Gasteiger partial charge in [0.05, 0.1) is 12.1 Å². The summed E-state index contributed by atoms with van der Waals surface area (Å²) in [6, 6.07) is 15.2. The molecule has 2 atom stereocenters. The van der Waals surface area contributed by atoms with Crippen molar-refractivity contribution in [2.24, 2.45) is 5.73 Å². The molecule has 0 fully saturated rings. The molecule has 0 unspecified atom stereocenters. The molecule has 2 rings (SSSR count). The summed E-state index contributed by atoms with van der Waals surface area (Å²) in [5.41, 5.74) is 8.14. The lowest BCUT2D eigenvalue weighted by molar-refractivity contribution is 0.145. The molecule has 2 aromatic rings. The van der Waals surface area contributed by atoms with Crippen LogP contribution in [-0.2, 0) is 6.42 Å². The van der Waals surface area contributed by atoms with E-state index < -0.39 is 12.1 Å². The molecule has 0 aliphatic heterocycles. The van der Waals surface area contributed by atoms with Gasteiger partial charge >= 0.3 is 0 Å². The fourth-order valence-electron chi connectivity index (χ4n) is 1.96. The fraction of sp³-hybridized carbons (Fsp3) is 0.200. The first-order valence-corrected chi connectivity index (χ1v) is 7.59. The molecule has 20 heavy (non-hydrogen) atoms. The second kappa shape index (κ2) is 8.15. The Morgan fingerprint density at radius 1 is 1.05 bits per heavy atom. The Morgan fingerprint density at radius 2 is 1.70 bits per heavy atom. The van der Waals surface area contributed by atoms with Crippen LogP contribution in [-0.4, -0.2) is 11.2 Å². The van der Waals surface area contributed by atoms with Crippen molar-refractivity contribution in [3.05, 3.63) is 68.6 Å². The molecule has 0 heterocycles. The van der Waals surface area contributed by atoms with Gasteiger partial charge in [0.1, 0.15) is 0 Å². The van der Waals surface area contributed by atoms with Crippen molar-refractivity contribution in [1.82, 2.24) is 0 Å². The molecule has 0 spiro atoms. The summed E-state index contributed by atoms with van der Waals surface area (Å²) >= 11 is 6.90. The number of hydrogen-bond acceptors (Lipinski definition) is 2. The molecule has 0 amide bonds. The molecule has 2 aromatic carbocycles. The molecule has 108 valence electrons. The van der Waals surface area contributed by atoms with Crippen molar-refractivity contribution < 1.29 is 5.11 Å². The monoisotopic (exact) mass is 419 g/mol. The summed E-state index contributed by atoms with van der Waals surface area (Å²) in [6.07, 6.45) is -0.0750. The van der Waals surface area contributed by atoms with E-state index in [4.69, 9.17) is 5.73 Å². The van der Waals surface area contributed by atoms with Crippen LogP contribution in [0.2, 0.25) is 0 Å². The zero-order valence-corrected chi connectivity index (χ0v) is 14.7. The van der Waals surface area contributed by atoms with Crippen molar-refractivity contribution >= 4 is 44.3 Å². The SMILES string of the molecule is Cl.N[C@@H](c1cc(Br)ccc1Br)[C@H](O)Cc1ccccc1. The summed E-state index contributed by atoms with van der Waals surface area (Å²) in [6.45, 7) is 0. The normalized spacial score (nSPS) is 13.4. The van der Waals surface area contributed by atoms with Crippen LogP contribution in [0, 0.1) is 0 Å². The predicted molar refractivity (Wildman–Crippen MR) is 92.2 cm³/mol. The van der Waals surface area contributed by atoms with Crippen molar-refractivity contribution in [3.63, 3.8) is 0 Å². The molecule has 0 aliphatic carbocycles. The Hall–Kier alpha value is -0.390. The lowest BCUT2D eigenvalue weighted by atomic mass is 9.97. The minimum Gasteiger partial charge on any atom is -0.391 e. The van der Waals surface area contributed by atoms with Crippen LogP contribution in [0.25, 0.3) is 0 Å². The van der Waals surface area contributed by atoms with Crippen LogP contribution in [0.15, 0.2) is 57.5 Å². The Bertz CT molecular complexity index is 551. The quantitative estimate of drug-likeness (QED) is 0.776. The van der Waals surface area contributed by atoms with Crippen molar-refractivity contribution in [1.29, 1.82) is 0 Å².